The molecule has 0 aliphatic carbocycles. The Morgan fingerprint density at radius 1 is 1.47 bits per heavy atom. The van der Waals surface area contributed by atoms with E-state index in [4.69, 9.17) is 5.73 Å². The number of H-pyrrole nitrogens is 1. The molecular formula is C14H19N3OS. The number of aryl methyl sites for hydroxylation is 1. The number of fused-ring (bicyclic) bond motifs is 1. The summed E-state index contributed by atoms with van der Waals surface area (Å²) in [5.74, 6) is 0.769. The number of rotatable bonds is 5. The maximum absolute atomic E-state index is 11.9. The molecule has 0 bridgehead atoms. The minimum atomic E-state index is -0.448. The van der Waals surface area contributed by atoms with Crippen molar-refractivity contribution in [3.8, 4) is 0 Å². The minimum absolute atomic E-state index is 0.124. The Morgan fingerprint density at radius 3 is 3.00 bits per heavy atom. The third-order valence-electron chi connectivity index (χ3n) is 2.99. The van der Waals surface area contributed by atoms with Gasteiger partial charge in [-0.05, 0) is 49.6 Å². The van der Waals surface area contributed by atoms with Crippen LogP contribution in [0.3, 0.4) is 0 Å². The molecule has 4 N–H and O–H groups in total. The number of thioether (sulfide) groups is 1. The topological polar surface area (TPSA) is 70.9 Å². The second kappa shape index (κ2) is 6.12. The Bertz CT molecular complexity index is 579. The van der Waals surface area contributed by atoms with E-state index in [-0.39, 0.29) is 5.91 Å². The molecule has 5 heteroatoms. The summed E-state index contributed by atoms with van der Waals surface area (Å²) in [6.45, 7) is 2.01. The fourth-order valence-electron chi connectivity index (χ4n) is 1.97. The van der Waals surface area contributed by atoms with E-state index in [1.807, 2.05) is 31.4 Å². The molecule has 1 aromatic heterocycles. The average molecular weight is 277 g/mol. The van der Waals surface area contributed by atoms with Crippen LogP contribution in [-0.2, 0) is 4.79 Å². The lowest BCUT2D eigenvalue weighted by Crippen LogP contribution is -2.36. The summed E-state index contributed by atoms with van der Waals surface area (Å²) in [6, 6.07) is 7.41. The summed E-state index contributed by atoms with van der Waals surface area (Å²) in [7, 11) is 0. The molecular weight excluding hydrogens is 258 g/mol. The maximum Gasteiger partial charge on any atom is 0.241 e. The number of aromatic nitrogens is 1. The predicted molar refractivity (Wildman–Crippen MR) is 82.6 cm³/mol. The van der Waals surface area contributed by atoms with Crippen LogP contribution in [0.1, 0.15) is 12.1 Å². The first kappa shape index (κ1) is 14.0. The predicted octanol–water partition coefficient (Wildman–Crippen LogP) is 2.50. The van der Waals surface area contributed by atoms with Crippen LogP contribution in [-0.4, -0.2) is 28.9 Å². The zero-order valence-corrected chi connectivity index (χ0v) is 12.0. The summed E-state index contributed by atoms with van der Waals surface area (Å²) in [5.41, 5.74) is 8.80. The highest BCUT2D eigenvalue weighted by Crippen LogP contribution is 2.20. The lowest BCUT2D eigenvalue weighted by atomic mass is 10.2. The molecule has 102 valence electrons. The van der Waals surface area contributed by atoms with Crippen LogP contribution in [0, 0.1) is 6.92 Å². The lowest BCUT2D eigenvalue weighted by Gasteiger charge is -2.11. The van der Waals surface area contributed by atoms with E-state index in [0.29, 0.717) is 6.42 Å². The van der Waals surface area contributed by atoms with Crippen molar-refractivity contribution in [2.75, 3.05) is 17.3 Å². The summed E-state index contributed by atoms with van der Waals surface area (Å²) in [6.07, 6.45) is 2.70. The monoisotopic (exact) mass is 277 g/mol. The third-order valence-corrected chi connectivity index (χ3v) is 3.64. The first-order chi connectivity index (χ1) is 9.10. The van der Waals surface area contributed by atoms with E-state index in [0.717, 1.165) is 28.0 Å². The first-order valence-corrected chi connectivity index (χ1v) is 7.64. The van der Waals surface area contributed by atoms with Crippen molar-refractivity contribution in [2.24, 2.45) is 5.73 Å². The van der Waals surface area contributed by atoms with Gasteiger partial charge in [0.15, 0.2) is 0 Å². The van der Waals surface area contributed by atoms with Gasteiger partial charge >= 0.3 is 0 Å². The molecule has 1 atom stereocenters. The molecule has 1 aromatic carbocycles. The molecule has 0 radical (unpaired) electrons. The number of anilines is 1. The molecule has 1 unspecified atom stereocenters. The van der Waals surface area contributed by atoms with E-state index in [2.05, 4.69) is 16.4 Å². The minimum Gasteiger partial charge on any atom is -0.359 e. The van der Waals surface area contributed by atoms with Gasteiger partial charge in [-0.25, -0.2) is 0 Å². The van der Waals surface area contributed by atoms with E-state index in [1.54, 1.807) is 11.8 Å². The summed E-state index contributed by atoms with van der Waals surface area (Å²) >= 11 is 1.69. The number of hydrogen-bond donors (Lipinski definition) is 3. The number of amides is 1. The summed E-state index contributed by atoms with van der Waals surface area (Å²) in [5, 5.41) is 3.96. The van der Waals surface area contributed by atoms with Crippen LogP contribution < -0.4 is 11.1 Å². The Balaban J connectivity index is 2.06. The van der Waals surface area contributed by atoms with Crippen molar-refractivity contribution in [3.05, 3.63) is 30.0 Å². The van der Waals surface area contributed by atoms with Crippen molar-refractivity contribution in [3.63, 3.8) is 0 Å². The molecule has 0 saturated heterocycles. The van der Waals surface area contributed by atoms with E-state index >= 15 is 0 Å². The molecule has 0 spiro atoms. The highest BCUT2D eigenvalue weighted by atomic mass is 32.2. The SMILES string of the molecule is CSCCC(N)C(=O)Nc1ccc2[nH]c(C)cc2c1. The van der Waals surface area contributed by atoms with Gasteiger partial charge in [-0.3, -0.25) is 4.79 Å². The number of nitrogens with two attached hydrogens (primary N) is 1. The second-order valence-electron chi connectivity index (χ2n) is 4.63. The molecule has 1 heterocycles. The van der Waals surface area contributed by atoms with Gasteiger partial charge in [0.2, 0.25) is 5.91 Å². The fourth-order valence-corrected chi connectivity index (χ4v) is 2.46. The van der Waals surface area contributed by atoms with Gasteiger partial charge < -0.3 is 16.0 Å². The van der Waals surface area contributed by atoms with Crippen LogP contribution in [0.2, 0.25) is 0 Å². The van der Waals surface area contributed by atoms with Gasteiger partial charge in [-0.2, -0.15) is 11.8 Å². The molecule has 1 amide bonds. The zero-order chi connectivity index (χ0) is 13.8. The molecule has 0 aliphatic heterocycles. The van der Waals surface area contributed by atoms with E-state index in [9.17, 15) is 4.79 Å². The number of hydrogen-bond acceptors (Lipinski definition) is 3. The normalized spacial score (nSPS) is 12.6. The number of carbonyl (C=O) groups excluding carboxylic acids is 1. The average Bonchev–Trinajstić information content (AvgIpc) is 2.75. The van der Waals surface area contributed by atoms with Gasteiger partial charge in [0, 0.05) is 22.3 Å². The van der Waals surface area contributed by atoms with Crippen molar-refractivity contribution in [1.29, 1.82) is 0 Å². The molecule has 4 nitrogen and oxygen atoms in total. The van der Waals surface area contributed by atoms with Crippen molar-refractivity contribution < 1.29 is 4.79 Å². The number of nitrogens with one attached hydrogen (secondary N) is 2. The quantitative estimate of drug-likeness (QED) is 0.786. The van der Waals surface area contributed by atoms with Gasteiger partial charge in [-0.1, -0.05) is 0 Å². The van der Waals surface area contributed by atoms with Crippen molar-refractivity contribution in [2.45, 2.75) is 19.4 Å². The number of benzene rings is 1. The zero-order valence-electron chi connectivity index (χ0n) is 11.2. The highest BCUT2D eigenvalue weighted by molar-refractivity contribution is 7.98. The summed E-state index contributed by atoms with van der Waals surface area (Å²) < 4.78 is 0. The lowest BCUT2D eigenvalue weighted by molar-refractivity contribution is -0.117. The van der Waals surface area contributed by atoms with Gasteiger partial charge in [0.05, 0.1) is 6.04 Å². The van der Waals surface area contributed by atoms with Crippen LogP contribution in [0.4, 0.5) is 5.69 Å². The van der Waals surface area contributed by atoms with E-state index in [1.165, 1.54) is 0 Å². The standard InChI is InChI=1S/C14H19N3OS/c1-9-7-10-8-11(3-4-13(10)16-9)17-14(18)12(15)5-6-19-2/h3-4,7-8,12,16H,5-6,15H2,1-2H3,(H,17,18). The Morgan fingerprint density at radius 2 is 2.26 bits per heavy atom. The van der Waals surface area contributed by atoms with E-state index < -0.39 is 6.04 Å². The van der Waals surface area contributed by atoms with Gasteiger partial charge in [-0.15, -0.1) is 0 Å². The third kappa shape index (κ3) is 3.52. The van der Waals surface area contributed by atoms with Crippen LogP contribution in [0.25, 0.3) is 10.9 Å². The van der Waals surface area contributed by atoms with Crippen molar-refractivity contribution in [1.82, 2.24) is 4.98 Å². The molecule has 19 heavy (non-hydrogen) atoms. The van der Waals surface area contributed by atoms with Crippen LogP contribution in [0.5, 0.6) is 0 Å². The van der Waals surface area contributed by atoms with Gasteiger partial charge in [0.25, 0.3) is 0 Å². The highest BCUT2D eigenvalue weighted by Gasteiger charge is 2.13. The molecule has 2 rings (SSSR count). The number of carbonyl (C=O) groups is 1. The molecule has 0 fully saturated rings. The number of aromatic amines is 1. The Kier molecular flexibility index (Phi) is 4.50. The second-order valence-corrected chi connectivity index (χ2v) is 5.62. The molecule has 0 aliphatic rings. The first-order valence-electron chi connectivity index (χ1n) is 6.25. The van der Waals surface area contributed by atoms with Crippen molar-refractivity contribution >= 4 is 34.3 Å². The smallest absolute Gasteiger partial charge is 0.241 e. The van der Waals surface area contributed by atoms with Gasteiger partial charge in [0.1, 0.15) is 0 Å². The molecule has 0 saturated carbocycles. The maximum atomic E-state index is 11.9. The Hall–Kier alpha value is -1.46. The van der Waals surface area contributed by atoms with Crippen LogP contribution >= 0.6 is 11.8 Å². The summed E-state index contributed by atoms with van der Waals surface area (Å²) in [4.78, 5) is 15.2. The fraction of sp³-hybridized carbons (Fsp3) is 0.357. The Labute approximate surface area is 117 Å². The molecule has 2 aromatic rings. The largest absolute Gasteiger partial charge is 0.359 e. The van der Waals surface area contributed by atoms with Crippen LogP contribution in [0.15, 0.2) is 24.3 Å².